The molecule has 1 atom stereocenters. The molecule has 1 aromatic heterocycles. The Morgan fingerprint density at radius 3 is 3.06 bits per heavy atom. The molecule has 0 aromatic carbocycles. The van der Waals surface area contributed by atoms with Crippen molar-refractivity contribution < 1.29 is 4.79 Å². The van der Waals surface area contributed by atoms with Crippen LogP contribution in [0.15, 0.2) is 17.5 Å². The minimum atomic E-state index is -0.0181. The molecule has 0 saturated heterocycles. The van der Waals surface area contributed by atoms with Crippen LogP contribution in [0, 0.1) is 12.3 Å². The molecule has 0 aliphatic carbocycles. The Balaban J connectivity index is 2.39. The first-order chi connectivity index (χ1) is 7.77. The molecule has 3 nitrogen and oxygen atoms in total. The summed E-state index contributed by atoms with van der Waals surface area (Å²) in [4.78, 5) is 12.7. The molecule has 0 fully saturated rings. The lowest BCUT2D eigenvalue weighted by Gasteiger charge is -2.15. The standard InChI is InChI=1S/C12H16N2OS/c1-3-7-13-9-12(15)14-10(4-2)11-6-5-8-16-11/h1,5-6,8,10,13H,4,7,9H2,2H3,(H,14,15). The lowest BCUT2D eigenvalue weighted by molar-refractivity contribution is -0.120. The van der Waals surface area contributed by atoms with Crippen molar-refractivity contribution in [2.45, 2.75) is 19.4 Å². The summed E-state index contributed by atoms with van der Waals surface area (Å²) in [6.07, 6.45) is 5.97. The van der Waals surface area contributed by atoms with Gasteiger partial charge in [-0.05, 0) is 17.9 Å². The maximum absolute atomic E-state index is 11.5. The van der Waals surface area contributed by atoms with E-state index in [2.05, 4.69) is 23.5 Å². The molecule has 4 heteroatoms. The third kappa shape index (κ3) is 4.05. The highest BCUT2D eigenvalue weighted by Gasteiger charge is 2.12. The molecule has 0 aliphatic rings. The van der Waals surface area contributed by atoms with Crippen molar-refractivity contribution >= 4 is 17.2 Å². The molecule has 0 bridgehead atoms. The smallest absolute Gasteiger partial charge is 0.234 e. The summed E-state index contributed by atoms with van der Waals surface area (Å²) in [6, 6.07) is 4.14. The molecule has 0 saturated carbocycles. The van der Waals surface area contributed by atoms with Gasteiger partial charge in [0.1, 0.15) is 0 Å². The lowest BCUT2D eigenvalue weighted by Crippen LogP contribution is -2.36. The van der Waals surface area contributed by atoms with Gasteiger partial charge in [0.2, 0.25) is 5.91 Å². The molecular formula is C12H16N2OS. The van der Waals surface area contributed by atoms with E-state index < -0.39 is 0 Å². The van der Waals surface area contributed by atoms with Gasteiger partial charge in [-0.15, -0.1) is 17.8 Å². The van der Waals surface area contributed by atoms with Crippen LogP contribution in [0.3, 0.4) is 0 Å². The van der Waals surface area contributed by atoms with Crippen LogP contribution in [-0.4, -0.2) is 19.0 Å². The van der Waals surface area contributed by atoms with Crippen LogP contribution in [0.1, 0.15) is 24.3 Å². The number of thiophene rings is 1. The second kappa shape index (κ2) is 7.04. The van der Waals surface area contributed by atoms with Gasteiger partial charge in [-0.1, -0.05) is 18.9 Å². The molecule has 1 rings (SSSR count). The first-order valence-electron chi connectivity index (χ1n) is 5.24. The van der Waals surface area contributed by atoms with Crippen molar-refractivity contribution in [2.75, 3.05) is 13.1 Å². The number of hydrogen-bond acceptors (Lipinski definition) is 3. The summed E-state index contributed by atoms with van der Waals surface area (Å²) >= 11 is 1.66. The molecule has 0 aliphatic heterocycles. The van der Waals surface area contributed by atoms with E-state index in [-0.39, 0.29) is 18.5 Å². The predicted molar refractivity (Wildman–Crippen MR) is 67.2 cm³/mol. The zero-order valence-corrected chi connectivity index (χ0v) is 10.1. The highest BCUT2D eigenvalue weighted by Crippen LogP contribution is 2.21. The Bertz CT molecular complexity index is 354. The van der Waals surface area contributed by atoms with Crippen molar-refractivity contribution in [2.24, 2.45) is 0 Å². The first kappa shape index (κ1) is 12.8. The summed E-state index contributed by atoms with van der Waals surface area (Å²) < 4.78 is 0. The third-order valence-corrected chi connectivity index (χ3v) is 3.13. The van der Waals surface area contributed by atoms with Crippen LogP contribution in [0.4, 0.5) is 0 Å². The Morgan fingerprint density at radius 2 is 2.50 bits per heavy atom. The maximum atomic E-state index is 11.5. The molecule has 0 spiro atoms. The van der Waals surface area contributed by atoms with Crippen LogP contribution in [0.25, 0.3) is 0 Å². The van der Waals surface area contributed by atoms with Gasteiger partial charge in [0.05, 0.1) is 19.1 Å². The van der Waals surface area contributed by atoms with Crippen LogP contribution in [0.2, 0.25) is 0 Å². The van der Waals surface area contributed by atoms with Crippen LogP contribution in [-0.2, 0) is 4.79 Å². The Labute approximate surface area is 100 Å². The summed E-state index contributed by atoms with van der Waals surface area (Å²) in [5.41, 5.74) is 0. The third-order valence-electron chi connectivity index (χ3n) is 2.14. The number of amides is 1. The number of terminal acetylenes is 1. The highest BCUT2D eigenvalue weighted by molar-refractivity contribution is 7.10. The Hall–Kier alpha value is -1.31. The fraction of sp³-hybridized carbons (Fsp3) is 0.417. The zero-order chi connectivity index (χ0) is 11.8. The van der Waals surface area contributed by atoms with Crippen molar-refractivity contribution in [3.63, 3.8) is 0 Å². The normalized spacial score (nSPS) is 11.8. The van der Waals surface area contributed by atoms with Gasteiger partial charge < -0.3 is 5.32 Å². The molecule has 1 amide bonds. The highest BCUT2D eigenvalue weighted by atomic mass is 32.1. The second-order valence-corrected chi connectivity index (χ2v) is 4.33. The first-order valence-corrected chi connectivity index (χ1v) is 6.12. The van der Waals surface area contributed by atoms with Crippen LogP contribution in [0.5, 0.6) is 0 Å². The van der Waals surface area contributed by atoms with E-state index in [0.717, 1.165) is 6.42 Å². The summed E-state index contributed by atoms with van der Waals surface area (Å²) in [7, 11) is 0. The van der Waals surface area contributed by atoms with Gasteiger partial charge in [0.25, 0.3) is 0 Å². The zero-order valence-electron chi connectivity index (χ0n) is 9.32. The summed E-state index contributed by atoms with van der Waals surface area (Å²) in [6.45, 7) is 2.74. The van der Waals surface area contributed by atoms with E-state index in [4.69, 9.17) is 6.42 Å². The molecule has 2 N–H and O–H groups in total. The predicted octanol–water partition coefficient (Wildman–Crippen LogP) is 1.54. The van der Waals surface area contributed by atoms with Gasteiger partial charge in [0.15, 0.2) is 0 Å². The monoisotopic (exact) mass is 236 g/mol. The quantitative estimate of drug-likeness (QED) is 0.581. The molecule has 16 heavy (non-hydrogen) atoms. The topological polar surface area (TPSA) is 41.1 Å². The Morgan fingerprint density at radius 1 is 1.69 bits per heavy atom. The molecular weight excluding hydrogens is 220 g/mol. The van der Waals surface area contributed by atoms with E-state index in [0.29, 0.717) is 6.54 Å². The van der Waals surface area contributed by atoms with Gasteiger partial charge in [-0.25, -0.2) is 0 Å². The number of hydrogen-bond donors (Lipinski definition) is 2. The van der Waals surface area contributed by atoms with E-state index in [9.17, 15) is 4.79 Å². The van der Waals surface area contributed by atoms with Gasteiger partial charge >= 0.3 is 0 Å². The van der Waals surface area contributed by atoms with E-state index >= 15 is 0 Å². The Kier molecular flexibility index (Phi) is 5.62. The maximum Gasteiger partial charge on any atom is 0.234 e. The SMILES string of the molecule is C#CCNCC(=O)NC(CC)c1cccs1. The van der Waals surface area contributed by atoms with E-state index in [1.165, 1.54) is 4.88 Å². The average molecular weight is 236 g/mol. The lowest BCUT2D eigenvalue weighted by atomic mass is 10.2. The van der Waals surface area contributed by atoms with Crippen molar-refractivity contribution in [3.8, 4) is 12.3 Å². The molecule has 1 aromatic rings. The molecule has 0 radical (unpaired) electrons. The minimum absolute atomic E-state index is 0.0181. The minimum Gasteiger partial charge on any atom is -0.347 e. The van der Waals surface area contributed by atoms with Gasteiger partial charge in [0, 0.05) is 4.88 Å². The average Bonchev–Trinajstić information content (AvgIpc) is 2.79. The summed E-state index contributed by atoms with van der Waals surface area (Å²) in [5, 5.41) is 7.85. The van der Waals surface area contributed by atoms with E-state index in [1.807, 2.05) is 17.5 Å². The molecule has 86 valence electrons. The van der Waals surface area contributed by atoms with Crippen molar-refractivity contribution in [3.05, 3.63) is 22.4 Å². The summed E-state index contributed by atoms with van der Waals surface area (Å²) in [5.74, 6) is 2.41. The second-order valence-electron chi connectivity index (χ2n) is 3.35. The molecule has 1 unspecified atom stereocenters. The van der Waals surface area contributed by atoms with Gasteiger partial charge in [-0.3, -0.25) is 10.1 Å². The van der Waals surface area contributed by atoms with Crippen LogP contribution >= 0.6 is 11.3 Å². The largest absolute Gasteiger partial charge is 0.347 e. The number of nitrogens with one attached hydrogen (secondary N) is 2. The van der Waals surface area contributed by atoms with Gasteiger partial charge in [-0.2, -0.15) is 0 Å². The van der Waals surface area contributed by atoms with Crippen molar-refractivity contribution in [1.29, 1.82) is 0 Å². The number of carbonyl (C=O) groups is 1. The fourth-order valence-electron chi connectivity index (χ4n) is 1.36. The fourth-order valence-corrected chi connectivity index (χ4v) is 2.22. The number of rotatable bonds is 6. The van der Waals surface area contributed by atoms with Crippen LogP contribution < -0.4 is 10.6 Å². The van der Waals surface area contributed by atoms with Crippen molar-refractivity contribution in [1.82, 2.24) is 10.6 Å². The molecule has 1 heterocycles. The number of carbonyl (C=O) groups excluding carboxylic acids is 1. The van der Waals surface area contributed by atoms with E-state index in [1.54, 1.807) is 11.3 Å².